The van der Waals surface area contributed by atoms with E-state index in [1.54, 1.807) is 0 Å². The van der Waals surface area contributed by atoms with Crippen LogP contribution >= 0.6 is 11.8 Å². The Bertz CT molecular complexity index is 1030. The number of amides is 1. The number of carbonyl (C=O) groups is 1. The molecule has 2 aromatic carbocycles. The molecular weight excluding hydrogens is 334 g/mol. The number of fused-ring (bicyclic) bond motifs is 3. The van der Waals surface area contributed by atoms with Crippen molar-refractivity contribution in [3.8, 4) is 0 Å². The summed E-state index contributed by atoms with van der Waals surface area (Å²) >= 11 is 1.39. The summed E-state index contributed by atoms with van der Waals surface area (Å²) < 4.78 is 1.94. The summed E-state index contributed by atoms with van der Waals surface area (Å²) in [5.41, 5.74) is 4.18. The van der Waals surface area contributed by atoms with E-state index in [1.807, 2.05) is 59.9 Å². The summed E-state index contributed by atoms with van der Waals surface area (Å²) in [7, 11) is 0. The van der Waals surface area contributed by atoms with Gasteiger partial charge in [0.2, 0.25) is 11.7 Å². The van der Waals surface area contributed by atoms with Crippen molar-refractivity contribution in [1.82, 2.24) is 24.9 Å². The van der Waals surface area contributed by atoms with Crippen LogP contribution in [0.3, 0.4) is 0 Å². The van der Waals surface area contributed by atoms with Crippen LogP contribution in [0.25, 0.3) is 16.8 Å². The highest BCUT2D eigenvalue weighted by Crippen LogP contribution is 2.22. The monoisotopic (exact) mass is 351 g/mol. The highest BCUT2D eigenvalue weighted by molar-refractivity contribution is 7.99. The van der Waals surface area contributed by atoms with E-state index in [-0.39, 0.29) is 5.91 Å². The van der Waals surface area contributed by atoms with Gasteiger partial charge in [-0.2, -0.15) is 0 Å². The Morgan fingerprint density at radius 3 is 2.84 bits per heavy atom. The maximum Gasteiger partial charge on any atom is 0.231 e. The van der Waals surface area contributed by atoms with E-state index in [2.05, 4.69) is 20.5 Å². The molecule has 0 spiro atoms. The molecule has 0 unspecified atom stereocenters. The lowest BCUT2D eigenvalue weighted by Gasteiger charge is -2.05. The average Bonchev–Trinajstić information content (AvgIpc) is 3.18. The fraction of sp³-hybridized carbons (Fsp3) is 0.167. The second-order valence-corrected chi connectivity index (χ2v) is 6.76. The SMILES string of the molecule is Cc1ccc(CNC(=O)CSc2n[nH]c3nc4ccccc4n23)cc1. The quantitative estimate of drug-likeness (QED) is 0.542. The average molecular weight is 351 g/mol. The first kappa shape index (κ1) is 15.7. The number of benzene rings is 2. The van der Waals surface area contributed by atoms with Crippen LogP contribution in [0.1, 0.15) is 11.1 Å². The topological polar surface area (TPSA) is 75.1 Å². The number of carbonyl (C=O) groups excluding carboxylic acids is 1. The Kier molecular flexibility index (Phi) is 4.15. The van der Waals surface area contributed by atoms with E-state index < -0.39 is 0 Å². The van der Waals surface area contributed by atoms with Crippen LogP contribution in [0, 0.1) is 6.92 Å². The fourth-order valence-corrected chi connectivity index (χ4v) is 3.41. The number of thioether (sulfide) groups is 1. The Balaban J connectivity index is 1.41. The Morgan fingerprint density at radius 1 is 1.20 bits per heavy atom. The minimum atomic E-state index is -0.0221. The smallest absolute Gasteiger partial charge is 0.231 e. The number of para-hydroxylation sites is 2. The van der Waals surface area contributed by atoms with Gasteiger partial charge in [-0.3, -0.25) is 9.20 Å². The van der Waals surface area contributed by atoms with Crippen molar-refractivity contribution < 1.29 is 4.79 Å². The normalized spacial score (nSPS) is 11.2. The number of rotatable bonds is 5. The zero-order chi connectivity index (χ0) is 17.2. The Morgan fingerprint density at radius 2 is 2.00 bits per heavy atom. The second-order valence-electron chi connectivity index (χ2n) is 5.82. The largest absolute Gasteiger partial charge is 0.351 e. The Hall–Kier alpha value is -2.80. The number of aryl methyl sites for hydroxylation is 1. The van der Waals surface area contributed by atoms with E-state index in [0.29, 0.717) is 18.1 Å². The minimum Gasteiger partial charge on any atom is -0.351 e. The third kappa shape index (κ3) is 3.23. The molecule has 0 aliphatic rings. The van der Waals surface area contributed by atoms with Crippen LogP contribution in [0.2, 0.25) is 0 Å². The highest BCUT2D eigenvalue weighted by Gasteiger charge is 2.13. The van der Waals surface area contributed by atoms with E-state index in [9.17, 15) is 4.79 Å². The number of imidazole rings is 1. The first-order chi connectivity index (χ1) is 12.2. The lowest BCUT2D eigenvalue weighted by Crippen LogP contribution is -2.24. The molecule has 0 saturated heterocycles. The molecule has 4 aromatic rings. The van der Waals surface area contributed by atoms with E-state index in [1.165, 1.54) is 17.3 Å². The molecule has 0 fully saturated rings. The first-order valence-corrected chi connectivity index (χ1v) is 8.96. The lowest BCUT2D eigenvalue weighted by molar-refractivity contribution is -0.118. The molecule has 0 bridgehead atoms. The predicted molar refractivity (Wildman–Crippen MR) is 98.6 cm³/mol. The lowest BCUT2D eigenvalue weighted by atomic mass is 10.1. The Labute approximate surface area is 148 Å². The standard InChI is InChI=1S/C18H17N5OS/c1-12-6-8-13(9-7-12)10-19-16(24)11-25-18-22-21-17-20-14-4-2-3-5-15(14)23(17)18/h2-9H,10-11H2,1H3,(H,19,24)(H,20,21). The summed E-state index contributed by atoms with van der Waals surface area (Å²) in [5.74, 6) is 0.966. The third-order valence-corrected chi connectivity index (χ3v) is 4.88. The summed E-state index contributed by atoms with van der Waals surface area (Å²) in [6.07, 6.45) is 0. The van der Waals surface area contributed by atoms with Crippen molar-refractivity contribution in [2.75, 3.05) is 5.75 Å². The molecule has 1 amide bonds. The maximum absolute atomic E-state index is 12.1. The number of aromatic nitrogens is 4. The number of nitrogens with one attached hydrogen (secondary N) is 2. The molecule has 0 aliphatic heterocycles. The molecule has 0 atom stereocenters. The third-order valence-electron chi connectivity index (χ3n) is 3.95. The molecule has 2 N–H and O–H groups in total. The van der Waals surface area contributed by atoms with Gasteiger partial charge >= 0.3 is 0 Å². The molecule has 0 saturated carbocycles. The molecule has 0 radical (unpaired) electrons. The molecule has 6 nitrogen and oxygen atoms in total. The van der Waals surface area contributed by atoms with Gasteiger partial charge in [0, 0.05) is 6.54 Å². The molecular formula is C18H17N5OS. The van der Waals surface area contributed by atoms with Crippen LogP contribution in [0.4, 0.5) is 0 Å². The summed E-state index contributed by atoms with van der Waals surface area (Å²) in [6.45, 7) is 2.58. The fourth-order valence-electron chi connectivity index (χ4n) is 2.63. The second kappa shape index (κ2) is 6.60. The maximum atomic E-state index is 12.1. The van der Waals surface area contributed by atoms with Crippen molar-refractivity contribution >= 4 is 34.5 Å². The zero-order valence-corrected chi connectivity index (χ0v) is 14.5. The zero-order valence-electron chi connectivity index (χ0n) is 13.7. The molecule has 4 rings (SSSR count). The van der Waals surface area contributed by atoms with Gasteiger partial charge in [0.05, 0.1) is 16.8 Å². The number of nitrogens with zero attached hydrogens (tertiary/aromatic N) is 3. The first-order valence-electron chi connectivity index (χ1n) is 7.97. The van der Waals surface area contributed by atoms with Gasteiger partial charge in [-0.05, 0) is 24.6 Å². The van der Waals surface area contributed by atoms with Crippen molar-refractivity contribution in [2.24, 2.45) is 0 Å². The minimum absolute atomic E-state index is 0.0221. The van der Waals surface area contributed by atoms with Crippen molar-refractivity contribution in [3.63, 3.8) is 0 Å². The van der Waals surface area contributed by atoms with Crippen molar-refractivity contribution in [1.29, 1.82) is 0 Å². The molecule has 25 heavy (non-hydrogen) atoms. The van der Waals surface area contributed by atoms with Gasteiger partial charge < -0.3 is 5.32 Å². The van der Waals surface area contributed by atoms with Crippen molar-refractivity contribution in [3.05, 3.63) is 59.7 Å². The molecule has 2 heterocycles. The van der Waals surface area contributed by atoms with Crippen LogP contribution in [-0.2, 0) is 11.3 Å². The van der Waals surface area contributed by atoms with E-state index in [4.69, 9.17) is 0 Å². The van der Waals surface area contributed by atoms with Crippen LogP contribution < -0.4 is 5.32 Å². The number of hydrogen-bond acceptors (Lipinski definition) is 4. The predicted octanol–water partition coefficient (Wildman–Crippen LogP) is 2.93. The summed E-state index contributed by atoms with van der Waals surface area (Å²) in [6, 6.07) is 16.0. The molecule has 7 heteroatoms. The number of hydrogen-bond donors (Lipinski definition) is 2. The number of aromatic amines is 1. The van der Waals surface area contributed by atoms with Crippen LogP contribution in [0.15, 0.2) is 53.7 Å². The molecule has 126 valence electrons. The van der Waals surface area contributed by atoms with Gasteiger partial charge in [0.15, 0.2) is 5.16 Å². The number of H-pyrrole nitrogens is 1. The molecule has 0 aliphatic carbocycles. The van der Waals surface area contributed by atoms with E-state index >= 15 is 0 Å². The van der Waals surface area contributed by atoms with E-state index in [0.717, 1.165) is 21.8 Å². The summed E-state index contributed by atoms with van der Waals surface area (Å²) in [4.78, 5) is 16.6. The van der Waals surface area contributed by atoms with Gasteiger partial charge in [-0.25, -0.2) is 10.1 Å². The van der Waals surface area contributed by atoms with Crippen molar-refractivity contribution in [2.45, 2.75) is 18.6 Å². The summed E-state index contributed by atoms with van der Waals surface area (Å²) in [5, 5.41) is 10.8. The van der Waals surface area contributed by atoms with Gasteiger partial charge in [-0.1, -0.05) is 53.7 Å². The van der Waals surface area contributed by atoms with Crippen LogP contribution in [0.5, 0.6) is 0 Å². The highest BCUT2D eigenvalue weighted by atomic mass is 32.2. The van der Waals surface area contributed by atoms with Gasteiger partial charge in [-0.15, -0.1) is 5.10 Å². The van der Waals surface area contributed by atoms with Gasteiger partial charge in [0.1, 0.15) is 0 Å². The van der Waals surface area contributed by atoms with Crippen LogP contribution in [-0.4, -0.2) is 31.2 Å². The molecule has 2 aromatic heterocycles. The van der Waals surface area contributed by atoms with Gasteiger partial charge in [0.25, 0.3) is 0 Å².